The molecule has 7 N–H and O–H groups in total. The van der Waals surface area contributed by atoms with Gasteiger partial charge in [-0.3, -0.25) is 28.0 Å². The smallest absolute Gasteiger partial charge is 0.280 e. The minimum absolute atomic E-state index is 0.111. The summed E-state index contributed by atoms with van der Waals surface area (Å²) in [6, 6.07) is 0. The number of aryl methyl sites for hydroxylation is 1. The molecule has 3 saturated heterocycles. The van der Waals surface area contributed by atoms with Crippen molar-refractivity contribution < 1.29 is 56.7 Å². The molecule has 3 aliphatic heterocycles. The molecule has 0 aromatic carbocycles. The molecule has 0 spiro atoms. The number of H-pyrrole nitrogens is 1. The molecule has 3 fully saturated rings. The third-order valence-corrected chi connectivity index (χ3v) is 9.46. The van der Waals surface area contributed by atoms with Gasteiger partial charge >= 0.3 is 0 Å². The number of nitrogens with zero attached hydrogens (tertiary/aromatic N) is 7. The number of rotatable bonds is 2. The van der Waals surface area contributed by atoms with Crippen LogP contribution in [-0.4, -0.2) is 99.1 Å². The lowest BCUT2D eigenvalue weighted by Crippen LogP contribution is -2.41. The van der Waals surface area contributed by atoms with E-state index in [-0.39, 0.29) is 28.7 Å². The number of aromatic nitrogens is 8. The Morgan fingerprint density at radius 3 is 1.91 bits per heavy atom. The number of imidazole rings is 2. The van der Waals surface area contributed by atoms with Gasteiger partial charge in [-0.25, -0.2) is 15.0 Å². The summed E-state index contributed by atoms with van der Waals surface area (Å²) in [4.78, 5) is 60.6. The molecule has 0 amide bonds. The van der Waals surface area contributed by atoms with Gasteiger partial charge in [-0.15, -0.1) is 0 Å². The first-order valence-electron chi connectivity index (χ1n) is 13.4. The Kier molecular flexibility index (Phi) is 7.51. The Balaban J connectivity index is 1.17. The molecule has 10 atom stereocenters. The van der Waals surface area contributed by atoms with Gasteiger partial charge < -0.3 is 59.0 Å². The van der Waals surface area contributed by atoms with Crippen LogP contribution in [0.25, 0.3) is 22.3 Å². The number of nitrogen functional groups attached to an aromatic ring is 2. The number of nitrogens with one attached hydrogen (secondary N) is 1. The van der Waals surface area contributed by atoms with Crippen LogP contribution in [0.15, 0.2) is 17.4 Å². The van der Waals surface area contributed by atoms with Crippen LogP contribution in [-0.2, 0) is 36.7 Å². The molecule has 4 aromatic heterocycles. The highest BCUT2D eigenvalue weighted by Gasteiger charge is 2.51. The van der Waals surface area contributed by atoms with Gasteiger partial charge in [-0.2, -0.15) is 9.97 Å². The van der Waals surface area contributed by atoms with Gasteiger partial charge in [-0.1, -0.05) is 0 Å². The van der Waals surface area contributed by atoms with Crippen LogP contribution < -0.4 is 26.8 Å². The zero-order valence-electron chi connectivity index (χ0n) is 23.3. The molecule has 4 aromatic rings. The number of phosphoric ester groups is 2. The third kappa shape index (κ3) is 5.39. The number of aliphatic hydroxyl groups is 2. The van der Waals surface area contributed by atoms with Gasteiger partial charge in [0.25, 0.3) is 21.2 Å². The summed E-state index contributed by atoms with van der Waals surface area (Å²) in [5, 5.41) is 22.2. The maximum absolute atomic E-state index is 13.0. The Hall–Kier alpha value is -3.44. The van der Waals surface area contributed by atoms with Crippen LogP contribution in [0.2, 0.25) is 0 Å². The quantitative estimate of drug-likeness (QED) is 0.129. The van der Waals surface area contributed by atoms with Crippen LogP contribution in [0.5, 0.6) is 0 Å². The summed E-state index contributed by atoms with van der Waals surface area (Å²) < 4.78 is 60.1. The number of nitrogens with two attached hydrogens (primary N) is 2. The fourth-order valence-corrected chi connectivity index (χ4v) is 7.41. The monoisotopic (exact) mass is 686 g/mol. The number of phosphoric acid groups is 2. The molecule has 0 aliphatic carbocycles. The van der Waals surface area contributed by atoms with Crippen molar-refractivity contribution in [2.75, 3.05) is 24.7 Å². The standard InChI is InChI=1S/C21H26N10O13P2/c1-6-9-15(27-20(22)26-6)30(4-24-9)18-11(32)13-7(41-18)2-39-46(37,38)44-14-8(3-40-45(35,36)43-13)42-19(12(14)33)31-5-25-10-16(31)28-21(23)29-17(10)34/h4-5,7-8,11-14,18-19,32-33H,2-3H2,1H3,(H,35,36)(H,37,38)(H2,22,26,27)(H3,23,28,29,34)/p-2/t7-,8-,11-,12?,13?,14-,18+,19+/m0/s1. The molecule has 4 unspecified atom stereocenters. The van der Waals surface area contributed by atoms with E-state index in [9.17, 15) is 33.9 Å². The molecule has 7 rings (SSSR count). The predicted molar refractivity (Wildman–Crippen MR) is 144 cm³/mol. The topological polar surface area (TPSA) is 335 Å². The van der Waals surface area contributed by atoms with Crippen molar-refractivity contribution in [2.45, 2.75) is 56.0 Å². The largest absolute Gasteiger partial charge is 0.756 e. The second kappa shape index (κ2) is 11.1. The van der Waals surface area contributed by atoms with Gasteiger partial charge in [0, 0.05) is 0 Å². The van der Waals surface area contributed by atoms with E-state index in [1.807, 2.05) is 0 Å². The highest BCUT2D eigenvalue weighted by atomic mass is 31.2. The molecule has 7 heterocycles. The molecule has 3 aliphatic rings. The van der Waals surface area contributed by atoms with Crippen molar-refractivity contribution in [3.8, 4) is 0 Å². The Labute approximate surface area is 255 Å². The summed E-state index contributed by atoms with van der Waals surface area (Å²) in [6.07, 6.45) is -10.9. The normalized spacial score (nSPS) is 37.2. The number of hydrogen-bond acceptors (Lipinski definition) is 20. The first-order valence-corrected chi connectivity index (χ1v) is 16.3. The van der Waals surface area contributed by atoms with Crippen LogP contribution in [0.3, 0.4) is 0 Å². The van der Waals surface area contributed by atoms with E-state index in [1.54, 1.807) is 6.92 Å². The fourth-order valence-electron chi connectivity index (χ4n) is 5.51. The van der Waals surface area contributed by atoms with Gasteiger partial charge in [-0.05, 0) is 6.92 Å². The van der Waals surface area contributed by atoms with E-state index in [1.165, 1.54) is 10.9 Å². The van der Waals surface area contributed by atoms with Crippen LogP contribution in [0.4, 0.5) is 11.9 Å². The molecule has 248 valence electrons. The highest BCUT2D eigenvalue weighted by molar-refractivity contribution is 7.46. The second-order valence-electron chi connectivity index (χ2n) is 10.5. The third-order valence-electron chi connectivity index (χ3n) is 7.53. The molecule has 0 radical (unpaired) electrons. The maximum atomic E-state index is 13.0. The van der Waals surface area contributed by atoms with Crippen LogP contribution in [0, 0.1) is 6.92 Å². The van der Waals surface area contributed by atoms with Crippen molar-refractivity contribution in [3.05, 3.63) is 28.7 Å². The Morgan fingerprint density at radius 1 is 0.870 bits per heavy atom. The van der Waals surface area contributed by atoms with E-state index in [4.69, 9.17) is 39.0 Å². The van der Waals surface area contributed by atoms with Crippen molar-refractivity contribution >= 4 is 49.9 Å². The van der Waals surface area contributed by atoms with E-state index in [0.29, 0.717) is 11.2 Å². The number of ether oxygens (including phenoxy) is 2. The number of aliphatic hydroxyl groups excluding tert-OH is 2. The van der Waals surface area contributed by atoms with E-state index >= 15 is 0 Å². The molecule has 46 heavy (non-hydrogen) atoms. The lowest BCUT2D eigenvalue weighted by molar-refractivity contribution is -0.244. The summed E-state index contributed by atoms with van der Waals surface area (Å²) in [7, 11) is -10.6. The summed E-state index contributed by atoms with van der Waals surface area (Å²) in [5.41, 5.74) is 11.2. The fraction of sp³-hybridized carbons (Fsp3) is 0.524. The van der Waals surface area contributed by atoms with Crippen molar-refractivity contribution in [3.63, 3.8) is 0 Å². The molecular formula is C21H24N10O13P2-2. The van der Waals surface area contributed by atoms with Gasteiger partial charge in [0.1, 0.15) is 42.1 Å². The molecule has 25 heteroatoms. The zero-order chi connectivity index (χ0) is 32.7. The van der Waals surface area contributed by atoms with Gasteiger partial charge in [0.05, 0.1) is 31.6 Å². The van der Waals surface area contributed by atoms with Gasteiger partial charge in [0.2, 0.25) is 11.9 Å². The SMILES string of the molecule is Cc1nc(N)nc2c1ncn2[C@@H]1O[C@H]2COP(=O)([O-])O[C@@H]3C(O)[C@H](n4cnc5c(=O)[nH]c(N)nc54)O[C@H]3COP(=O)([O-])OC2[C@@H]1O. The second-order valence-corrected chi connectivity index (χ2v) is 13.2. The molecular weight excluding hydrogens is 662 g/mol. The first kappa shape index (κ1) is 31.2. The van der Waals surface area contributed by atoms with Crippen molar-refractivity contribution in [2.24, 2.45) is 0 Å². The van der Waals surface area contributed by atoms with E-state index in [2.05, 4.69) is 29.9 Å². The lowest BCUT2D eigenvalue weighted by atomic mass is 10.1. The maximum Gasteiger partial charge on any atom is 0.280 e. The van der Waals surface area contributed by atoms with Gasteiger partial charge in [0.15, 0.2) is 29.3 Å². The van der Waals surface area contributed by atoms with Crippen molar-refractivity contribution in [1.29, 1.82) is 0 Å². The van der Waals surface area contributed by atoms with Crippen molar-refractivity contribution in [1.82, 2.24) is 39.0 Å². The number of hydrogen-bond donors (Lipinski definition) is 5. The average molecular weight is 686 g/mol. The predicted octanol–water partition coefficient (Wildman–Crippen LogP) is -3.30. The Bertz CT molecular complexity index is 1990. The van der Waals surface area contributed by atoms with Crippen LogP contribution >= 0.6 is 15.6 Å². The number of aromatic amines is 1. The zero-order valence-corrected chi connectivity index (χ0v) is 25.0. The minimum Gasteiger partial charge on any atom is -0.756 e. The van der Waals surface area contributed by atoms with E-state index < -0.39 is 83.5 Å². The Morgan fingerprint density at radius 2 is 1.37 bits per heavy atom. The molecule has 23 nitrogen and oxygen atoms in total. The highest BCUT2D eigenvalue weighted by Crippen LogP contribution is 2.50. The summed E-state index contributed by atoms with van der Waals surface area (Å²) in [6.45, 7) is -0.215. The molecule has 0 bridgehead atoms. The summed E-state index contributed by atoms with van der Waals surface area (Å²) >= 11 is 0. The lowest BCUT2D eigenvalue weighted by Gasteiger charge is -2.34. The number of anilines is 2. The van der Waals surface area contributed by atoms with E-state index in [0.717, 1.165) is 10.9 Å². The summed E-state index contributed by atoms with van der Waals surface area (Å²) in [5.74, 6) is -0.398. The minimum atomic E-state index is -5.33. The average Bonchev–Trinajstić information content (AvgIpc) is 3.72. The molecule has 0 saturated carbocycles. The first-order chi connectivity index (χ1) is 21.7. The number of fused-ring (bicyclic) bond motifs is 4. The van der Waals surface area contributed by atoms with Crippen LogP contribution in [0.1, 0.15) is 18.1 Å².